The van der Waals surface area contributed by atoms with Crippen molar-refractivity contribution in [3.63, 3.8) is 0 Å². The number of rotatable bonds is 10. The molecule has 0 aromatic rings. The molecule has 0 spiro atoms. The standard InChI is InChI=1S/C6H9N2O.3C4H9.Sn/c9-6-7-4-5-2-1-3-8(5)6;3*1-3-4-2;/h3,5H,1-2,4H2,(H,7,9);3*1,3-4H2,2H3;. The number of carbonyl (C=O) groups excluding carboxylic acids is 1. The summed E-state index contributed by atoms with van der Waals surface area (Å²) < 4.78 is 5.26. The van der Waals surface area contributed by atoms with E-state index >= 15 is 0 Å². The number of urea groups is 1. The van der Waals surface area contributed by atoms with Crippen molar-refractivity contribution in [3.8, 4) is 0 Å². The first-order valence-electron chi connectivity index (χ1n) is 9.74. The minimum absolute atomic E-state index is 0.262. The van der Waals surface area contributed by atoms with Crippen LogP contribution >= 0.6 is 0 Å². The molecule has 128 valence electrons. The molecule has 0 saturated carbocycles. The van der Waals surface area contributed by atoms with Crippen LogP contribution in [0.1, 0.15) is 72.1 Å². The van der Waals surface area contributed by atoms with E-state index in [1.807, 2.05) is 0 Å². The van der Waals surface area contributed by atoms with Crippen LogP contribution in [0.2, 0.25) is 13.3 Å². The predicted octanol–water partition coefficient (Wildman–Crippen LogP) is 4.93. The van der Waals surface area contributed by atoms with Crippen molar-refractivity contribution in [1.29, 1.82) is 0 Å². The van der Waals surface area contributed by atoms with Gasteiger partial charge in [-0.2, -0.15) is 0 Å². The van der Waals surface area contributed by atoms with E-state index in [4.69, 9.17) is 0 Å². The Bertz CT molecular complexity index is 339. The van der Waals surface area contributed by atoms with Gasteiger partial charge in [-0.15, -0.1) is 0 Å². The molecule has 0 aliphatic carbocycles. The second-order valence-corrected chi connectivity index (χ2v) is 21.5. The zero-order valence-electron chi connectivity index (χ0n) is 15.0. The Balaban J connectivity index is 2.21. The molecule has 2 fully saturated rings. The Kier molecular flexibility index (Phi) is 7.36. The molecule has 2 atom stereocenters. The van der Waals surface area contributed by atoms with Crippen molar-refractivity contribution in [3.05, 3.63) is 0 Å². The Labute approximate surface area is 141 Å². The van der Waals surface area contributed by atoms with Crippen LogP contribution in [-0.4, -0.2) is 46.0 Å². The normalized spacial score (nSPS) is 24.7. The van der Waals surface area contributed by atoms with Gasteiger partial charge in [0.2, 0.25) is 0 Å². The number of nitrogens with one attached hydrogen (secondary N) is 1. The van der Waals surface area contributed by atoms with Gasteiger partial charge in [0.15, 0.2) is 0 Å². The van der Waals surface area contributed by atoms with E-state index in [1.54, 1.807) is 0 Å². The van der Waals surface area contributed by atoms with Crippen molar-refractivity contribution in [1.82, 2.24) is 10.2 Å². The SMILES string of the molecule is CCC[CH2][Sn]([CH2]CCC)([CH2]CCC)[CH]1CCC2CNC(=O)N21. The van der Waals surface area contributed by atoms with Crippen molar-refractivity contribution < 1.29 is 4.79 Å². The van der Waals surface area contributed by atoms with Gasteiger partial charge in [0, 0.05) is 0 Å². The maximum absolute atomic E-state index is 12.4. The zero-order chi connectivity index (χ0) is 16.0. The molecule has 0 bridgehead atoms. The number of unbranched alkanes of at least 4 members (excludes halogenated alkanes) is 3. The quantitative estimate of drug-likeness (QED) is 0.505. The van der Waals surface area contributed by atoms with Gasteiger partial charge in [0.25, 0.3) is 0 Å². The number of amides is 2. The van der Waals surface area contributed by atoms with Gasteiger partial charge in [-0.1, -0.05) is 0 Å². The molecule has 3 nitrogen and oxygen atoms in total. The van der Waals surface area contributed by atoms with Crippen LogP contribution in [0.5, 0.6) is 0 Å². The fraction of sp³-hybridized carbons (Fsp3) is 0.944. The van der Waals surface area contributed by atoms with Crippen LogP contribution in [0.15, 0.2) is 0 Å². The molecular weight excluding hydrogens is 379 g/mol. The zero-order valence-corrected chi connectivity index (χ0v) is 17.8. The molecule has 2 aliphatic rings. The van der Waals surface area contributed by atoms with Crippen molar-refractivity contribution in [2.75, 3.05) is 6.54 Å². The van der Waals surface area contributed by atoms with Crippen LogP contribution in [-0.2, 0) is 0 Å². The van der Waals surface area contributed by atoms with E-state index in [0.29, 0.717) is 10.1 Å². The van der Waals surface area contributed by atoms with E-state index in [-0.39, 0.29) is 6.03 Å². The molecule has 2 aliphatic heterocycles. The minimum atomic E-state index is -2.29. The van der Waals surface area contributed by atoms with Crippen LogP contribution < -0.4 is 5.32 Å². The fourth-order valence-electron chi connectivity index (χ4n) is 4.75. The third-order valence-corrected chi connectivity index (χ3v) is 23.2. The van der Waals surface area contributed by atoms with Gasteiger partial charge in [-0.25, -0.2) is 0 Å². The van der Waals surface area contributed by atoms with E-state index in [1.165, 1.54) is 64.7 Å². The summed E-state index contributed by atoms with van der Waals surface area (Å²) in [5.74, 6) is 0. The third kappa shape index (κ3) is 3.93. The maximum atomic E-state index is 12.4. The molecule has 2 rings (SSSR count). The van der Waals surface area contributed by atoms with Crippen molar-refractivity contribution in [2.24, 2.45) is 0 Å². The average Bonchev–Trinajstić information content (AvgIpc) is 3.11. The summed E-state index contributed by atoms with van der Waals surface area (Å²) in [6.07, 6.45) is 10.7. The number of nitrogens with zero attached hydrogens (tertiary/aromatic N) is 1. The summed E-state index contributed by atoms with van der Waals surface area (Å²) in [5, 5.41) is 3.11. The molecule has 2 unspecified atom stereocenters. The van der Waals surface area contributed by atoms with Gasteiger partial charge in [0.1, 0.15) is 0 Å². The van der Waals surface area contributed by atoms with E-state index in [9.17, 15) is 4.79 Å². The van der Waals surface area contributed by atoms with Crippen LogP contribution in [0.4, 0.5) is 4.79 Å². The monoisotopic (exact) mass is 416 g/mol. The van der Waals surface area contributed by atoms with Gasteiger partial charge >= 0.3 is 142 Å². The molecule has 0 aromatic carbocycles. The van der Waals surface area contributed by atoms with Crippen molar-refractivity contribution in [2.45, 2.75) is 95.5 Å². The molecule has 22 heavy (non-hydrogen) atoms. The summed E-state index contributed by atoms with van der Waals surface area (Å²) in [6.45, 7) is 7.90. The fourth-order valence-corrected chi connectivity index (χ4v) is 23.6. The van der Waals surface area contributed by atoms with Crippen molar-refractivity contribution >= 4 is 24.4 Å². The molecule has 1 N–H and O–H groups in total. The number of carbonyl (C=O) groups is 1. The predicted molar refractivity (Wildman–Crippen MR) is 96.9 cm³/mol. The summed E-state index contributed by atoms with van der Waals surface area (Å²) in [4.78, 5) is 14.7. The van der Waals surface area contributed by atoms with E-state index in [0.717, 1.165) is 6.54 Å². The van der Waals surface area contributed by atoms with Gasteiger partial charge < -0.3 is 0 Å². The summed E-state index contributed by atoms with van der Waals surface area (Å²) in [7, 11) is 0. The van der Waals surface area contributed by atoms with Crippen LogP contribution in [0, 0.1) is 0 Å². The number of hydrogen-bond donors (Lipinski definition) is 1. The Morgan fingerprint density at radius 1 is 1.00 bits per heavy atom. The molecule has 2 amide bonds. The number of fused-ring (bicyclic) bond motifs is 1. The summed E-state index contributed by atoms with van der Waals surface area (Å²) in [6, 6.07) is 0.788. The van der Waals surface area contributed by atoms with Gasteiger partial charge in [0.05, 0.1) is 0 Å². The summed E-state index contributed by atoms with van der Waals surface area (Å²) in [5.41, 5.74) is 0. The molecule has 2 saturated heterocycles. The second-order valence-electron chi connectivity index (χ2n) is 7.51. The first kappa shape index (κ1) is 18.4. The topological polar surface area (TPSA) is 32.3 Å². The third-order valence-electron chi connectivity index (χ3n) is 6.02. The van der Waals surface area contributed by atoms with Crippen LogP contribution in [0.3, 0.4) is 0 Å². The van der Waals surface area contributed by atoms with E-state index in [2.05, 4.69) is 31.0 Å². The Morgan fingerprint density at radius 2 is 1.55 bits per heavy atom. The first-order chi connectivity index (χ1) is 10.7. The molecule has 2 heterocycles. The molecule has 4 heteroatoms. The summed E-state index contributed by atoms with van der Waals surface area (Å²) >= 11 is -2.29. The van der Waals surface area contributed by atoms with Crippen LogP contribution in [0.25, 0.3) is 0 Å². The number of hydrogen-bond acceptors (Lipinski definition) is 1. The molecule has 0 aromatic heterocycles. The first-order valence-corrected chi connectivity index (χ1v) is 17.4. The van der Waals surface area contributed by atoms with E-state index < -0.39 is 18.4 Å². The molecular formula is C18H36N2OSn. The second kappa shape index (κ2) is 8.79. The Morgan fingerprint density at radius 3 is 2.05 bits per heavy atom. The van der Waals surface area contributed by atoms with Gasteiger partial charge in [-0.3, -0.25) is 0 Å². The average molecular weight is 415 g/mol. The molecule has 0 radical (unpaired) electrons. The Hall–Kier alpha value is 0.0687. The van der Waals surface area contributed by atoms with Gasteiger partial charge in [-0.05, 0) is 0 Å².